The average molecular weight is 174 g/mol. The number of aromatic nitrogens is 2. The summed E-state index contributed by atoms with van der Waals surface area (Å²) < 4.78 is 0. The van der Waals surface area contributed by atoms with Crippen molar-refractivity contribution >= 4 is 17.2 Å². The first-order valence-electron chi connectivity index (χ1n) is 4.13. The summed E-state index contributed by atoms with van der Waals surface area (Å²) in [5, 5.41) is 7.69. The van der Waals surface area contributed by atoms with Gasteiger partial charge < -0.3 is 0 Å². The number of hydrogen-bond acceptors (Lipinski definition) is 2. The summed E-state index contributed by atoms with van der Waals surface area (Å²) in [5.74, 6) is 0. The Morgan fingerprint density at radius 2 is 2.15 bits per heavy atom. The van der Waals surface area contributed by atoms with E-state index in [1.165, 1.54) is 5.56 Å². The second kappa shape index (κ2) is 2.69. The summed E-state index contributed by atoms with van der Waals surface area (Å²) >= 11 is 0. The molecule has 0 saturated carbocycles. The number of carbonyl (C=O) groups excluding carboxylic acids is 1. The van der Waals surface area contributed by atoms with Crippen molar-refractivity contribution < 1.29 is 4.79 Å². The third-order valence-electron chi connectivity index (χ3n) is 2.41. The smallest absolute Gasteiger partial charge is 0.170 e. The fourth-order valence-electron chi connectivity index (χ4n) is 1.44. The van der Waals surface area contributed by atoms with Crippen LogP contribution in [0.15, 0.2) is 12.1 Å². The van der Waals surface area contributed by atoms with Crippen LogP contribution in [0.1, 0.15) is 21.6 Å². The monoisotopic (exact) mass is 174 g/mol. The molecule has 0 fully saturated rings. The van der Waals surface area contributed by atoms with E-state index in [1.807, 2.05) is 26.0 Å². The van der Waals surface area contributed by atoms with Crippen LogP contribution >= 0.6 is 0 Å². The van der Waals surface area contributed by atoms with Gasteiger partial charge in [0.05, 0.1) is 5.52 Å². The molecule has 0 bridgehead atoms. The van der Waals surface area contributed by atoms with Gasteiger partial charge in [-0.2, -0.15) is 5.10 Å². The van der Waals surface area contributed by atoms with Crippen LogP contribution in [-0.2, 0) is 0 Å². The minimum absolute atomic E-state index is 0.484. The molecule has 0 aliphatic rings. The molecule has 3 heteroatoms. The van der Waals surface area contributed by atoms with Gasteiger partial charge in [0.1, 0.15) is 5.69 Å². The number of benzene rings is 1. The molecule has 1 heterocycles. The molecule has 0 aliphatic carbocycles. The third kappa shape index (κ3) is 1.04. The molecule has 0 amide bonds. The average Bonchev–Trinajstić information content (AvgIpc) is 2.55. The van der Waals surface area contributed by atoms with Crippen LogP contribution in [0, 0.1) is 13.8 Å². The quantitative estimate of drug-likeness (QED) is 0.672. The molecule has 13 heavy (non-hydrogen) atoms. The molecule has 0 aliphatic heterocycles. The van der Waals surface area contributed by atoms with Crippen LogP contribution in [0.4, 0.5) is 0 Å². The van der Waals surface area contributed by atoms with Crippen molar-refractivity contribution in [1.82, 2.24) is 10.2 Å². The zero-order chi connectivity index (χ0) is 9.42. The second-order valence-electron chi connectivity index (χ2n) is 3.16. The lowest BCUT2D eigenvalue weighted by molar-refractivity contribution is 0.112. The van der Waals surface area contributed by atoms with Gasteiger partial charge in [-0.05, 0) is 25.0 Å². The summed E-state index contributed by atoms with van der Waals surface area (Å²) in [6.45, 7) is 4.06. The standard InChI is InChI=1S/C10H10N2O/c1-6-3-4-8-9(5-13)11-12-10(8)7(6)2/h3-5H,1-2H3,(H,11,12). The summed E-state index contributed by atoms with van der Waals surface area (Å²) in [6.07, 6.45) is 0.771. The van der Waals surface area contributed by atoms with Crippen LogP contribution in [0.5, 0.6) is 0 Å². The normalized spacial score (nSPS) is 10.6. The van der Waals surface area contributed by atoms with Gasteiger partial charge in [-0.3, -0.25) is 9.89 Å². The van der Waals surface area contributed by atoms with E-state index in [0.29, 0.717) is 5.69 Å². The Labute approximate surface area is 75.8 Å². The number of carbonyl (C=O) groups is 1. The Morgan fingerprint density at radius 1 is 1.38 bits per heavy atom. The van der Waals surface area contributed by atoms with E-state index in [4.69, 9.17) is 0 Å². The van der Waals surface area contributed by atoms with Crippen molar-refractivity contribution in [2.45, 2.75) is 13.8 Å². The lowest BCUT2D eigenvalue weighted by atomic mass is 10.1. The van der Waals surface area contributed by atoms with Crippen molar-refractivity contribution in [3.8, 4) is 0 Å². The van der Waals surface area contributed by atoms with Crippen LogP contribution in [0.2, 0.25) is 0 Å². The fraction of sp³-hybridized carbons (Fsp3) is 0.200. The molecular formula is C10H10N2O. The highest BCUT2D eigenvalue weighted by atomic mass is 16.1. The third-order valence-corrected chi connectivity index (χ3v) is 2.41. The van der Waals surface area contributed by atoms with E-state index in [-0.39, 0.29) is 0 Å². The maximum atomic E-state index is 10.6. The summed E-state index contributed by atoms with van der Waals surface area (Å²) in [6, 6.07) is 3.92. The molecule has 1 aromatic heterocycles. The summed E-state index contributed by atoms with van der Waals surface area (Å²) in [5.41, 5.74) is 3.80. The highest BCUT2D eigenvalue weighted by molar-refractivity contribution is 5.96. The molecule has 1 aromatic carbocycles. The van der Waals surface area contributed by atoms with Gasteiger partial charge in [0.15, 0.2) is 6.29 Å². The number of fused-ring (bicyclic) bond motifs is 1. The fourth-order valence-corrected chi connectivity index (χ4v) is 1.44. The first-order chi connectivity index (χ1) is 6.24. The number of aromatic amines is 1. The molecule has 1 N–H and O–H groups in total. The van der Waals surface area contributed by atoms with Gasteiger partial charge in [-0.15, -0.1) is 0 Å². The molecule has 2 rings (SSSR count). The molecule has 0 unspecified atom stereocenters. The van der Waals surface area contributed by atoms with Gasteiger partial charge in [0.2, 0.25) is 0 Å². The van der Waals surface area contributed by atoms with Crippen molar-refractivity contribution in [1.29, 1.82) is 0 Å². The molecule has 0 atom stereocenters. The summed E-state index contributed by atoms with van der Waals surface area (Å²) in [4.78, 5) is 10.6. The van der Waals surface area contributed by atoms with Gasteiger partial charge in [-0.25, -0.2) is 0 Å². The lowest BCUT2D eigenvalue weighted by Crippen LogP contribution is -1.82. The first kappa shape index (κ1) is 7.98. The van der Waals surface area contributed by atoms with E-state index in [2.05, 4.69) is 10.2 Å². The van der Waals surface area contributed by atoms with E-state index in [1.54, 1.807) is 0 Å². The van der Waals surface area contributed by atoms with Crippen LogP contribution < -0.4 is 0 Å². The summed E-state index contributed by atoms with van der Waals surface area (Å²) in [7, 11) is 0. The van der Waals surface area contributed by atoms with Crippen LogP contribution in [0.3, 0.4) is 0 Å². The SMILES string of the molecule is Cc1ccc2c(C=O)n[nH]c2c1C. The van der Waals surface area contributed by atoms with E-state index in [9.17, 15) is 4.79 Å². The van der Waals surface area contributed by atoms with Gasteiger partial charge >= 0.3 is 0 Å². The molecule has 66 valence electrons. The Bertz CT molecular complexity index is 471. The number of nitrogens with zero attached hydrogens (tertiary/aromatic N) is 1. The van der Waals surface area contributed by atoms with E-state index < -0.39 is 0 Å². The Balaban J connectivity index is 2.88. The van der Waals surface area contributed by atoms with Crippen molar-refractivity contribution in [3.05, 3.63) is 29.0 Å². The predicted molar refractivity (Wildman–Crippen MR) is 51.0 cm³/mol. The van der Waals surface area contributed by atoms with Crippen molar-refractivity contribution in [2.24, 2.45) is 0 Å². The molecule has 0 spiro atoms. The number of rotatable bonds is 1. The topological polar surface area (TPSA) is 45.8 Å². The van der Waals surface area contributed by atoms with E-state index >= 15 is 0 Å². The molecule has 0 saturated heterocycles. The Hall–Kier alpha value is -1.64. The zero-order valence-electron chi connectivity index (χ0n) is 7.59. The number of nitrogens with one attached hydrogen (secondary N) is 1. The first-order valence-corrected chi connectivity index (χ1v) is 4.13. The highest BCUT2D eigenvalue weighted by Crippen LogP contribution is 2.20. The highest BCUT2D eigenvalue weighted by Gasteiger charge is 2.06. The minimum atomic E-state index is 0.484. The maximum Gasteiger partial charge on any atom is 0.170 e. The maximum absolute atomic E-state index is 10.6. The number of hydrogen-bond donors (Lipinski definition) is 1. The minimum Gasteiger partial charge on any atom is -0.296 e. The van der Waals surface area contributed by atoms with Gasteiger partial charge in [0.25, 0.3) is 0 Å². The number of aryl methyl sites for hydroxylation is 2. The Morgan fingerprint density at radius 3 is 2.85 bits per heavy atom. The van der Waals surface area contributed by atoms with Gasteiger partial charge in [-0.1, -0.05) is 12.1 Å². The zero-order valence-corrected chi connectivity index (χ0v) is 7.59. The molecule has 2 aromatic rings. The Kier molecular flexibility index (Phi) is 1.65. The number of H-pyrrole nitrogens is 1. The lowest BCUT2D eigenvalue weighted by Gasteiger charge is -1.99. The van der Waals surface area contributed by atoms with Crippen molar-refractivity contribution in [2.75, 3.05) is 0 Å². The van der Waals surface area contributed by atoms with Crippen LogP contribution in [-0.4, -0.2) is 16.5 Å². The van der Waals surface area contributed by atoms with Gasteiger partial charge in [0, 0.05) is 5.39 Å². The van der Waals surface area contributed by atoms with Crippen LogP contribution in [0.25, 0.3) is 10.9 Å². The largest absolute Gasteiger partial charge is 0.296 e. The predicted octanol–water partition coefficient (Wildman–Crippen LogP) is 1.99. The number of aldehydes is 1. The molecule has 0 radical (unpaired) electrons. The molecular weight excluding hydrogens is 164 g/mol. The van der Waals surface area contributed by atoms with Crippen molar-refractivity contribution in [3.63, 3.8) is 0 Å². The second-order valence-corrected chi connectivity index (χ2v) is 3.16. The van der Waals surface area contributed by atoms with E-state index in [0.717, 1.165) is 22.8 Å². The molecule has 3 nitrogen and oxygen atoms in total.